The average molecular weight is 505 g/mol. The minimum atomic E-state index is -1.30. The van der Waals surface area contributed by atoms with Crippen LogP contribution in [0.15, 0.2) is 42.2 Å². The summed E-state index contributed by atoms with van der Waals surface area (Å²) in [6.07, 6.45) is 8.49. The predicted octanol–water partition coefficient (Wildman–Crippen LogP) is 4.96. The first-order chi connectivity index (χ1) is 16.4. The highest BCUT2D eigenvalue weighted by molar-refractivity contribution is 8.34. The number of nitrogens with one attached hydrogen (secondary N) is 1. The van der Waals surface area contributed by atoms with Gasteiger partial charge < -0.3 is 16.8 Å². The molecule has 5 N–H and O–H groups in total. The van der Waals surface area contributed by atoms with E-state index in [4.69, 9.17) is 16.5 Å². The quantitative estimate of drug-likeness (QED) is 0.448. The molecular weight excluding hydrogens is 466 g/mol. The van der Waals surface area contributed by atoms with Crippen molar-refractivity contribution in [3.8, 4) is 0 Å². The molecular formula is C26H38F2N6S. The van der Waals surface area contributed by atoms with Crippen molar-refractivity contribution in [1.29, 1.82) is 0 Å². The normalized spacial score (nSPS) is 22.7. The largest absolute Gasteiger partial charge is 0.386 e. The Kier molecular flexibility index (Phi) is 8.21. The monoisotopic (exact) mass is 504 g/mol. The van der Waals surface area contributed by atoms with Crippen molar-refractivity contribution >= 4 is 27.2 Å². The van der Waals surface area contributed by atoms with E-state index in [1.807, 2.05) is 0 Å². The number of hydrogen-bond acceptors (Lipinski definition) is 6. The summed E-state index contributed by atoms with van der Waals surface area (Å²) in [6, 6.07) is 4.45. The fourth-order valence-corrected chi connectivity index (χ4v) is 7.24. The number of amidine groups is 1. The molecule has 35 heavy (non-hydrogen) atoms. The number of rotatable bonds is 9. The molecule has 0 bridgehead atoms. The van der Waals surface area contributed by atoms with Crippen molar-refractivity contribution in [3.63, 3.8) is 0 Å². The van der Waals surface area contributed by atoms with E-state index < -0.39 is 22.2 Å². The van der Waals surface area contributed by atoms with Gasteiger partial charge in [-0.15, -0.1) is 0 Å². The first kappa shape index (κ1) is 27.1. The van der Waals surface area contributed by atoms with Crippen molar-refractivity contribution in [2.45, 2.75) is 62.2 Å². The lowest BCUT2D eigenvalue weighted by molar-refractivity contribution is 0.340. The van der Waals surface area contributed by atoms with E-state index >= 15 is 4.39 Å². The predicted molar refractivity (Wildman–Crippen MR) is 145 cm³/mol. The van der Waals surface area contributed by atoms with Crippen LogP contribution in [0.1, 0.15) is 56.6 Å². The number of aromatic nitrogens is 2. The van der Waals surface area contributed by atoms with Gasteiger partial charge in [-0.05, 0) is 77.3 Å². The Morgan fingerprint density at radius 1 is 1.26 bits per heavy atom. The van der Waals surface area contributed by atoms with Gasteiger partial charge in [-0.3, -0.25) is 15.0 Å². The summed E-state index contributed by atoms with van der Waals surface area (Å²) in [6.45, 7) is 10.3. The van der Waals surface area contributed by atoms with Gasteiger partial charge in [-0.2, -0.15) is 0 Å². The van der Waals surface area contributed by atoms with Crippen LogP contribution >= 0.6 is 10.0 Å². The van der Waals surface area contributed by atoms with Crippen LogP contribution in [0.25, 0.3) is 5.70 Å². The molecule has 0 amide bonds. The highest BCUT2D eigenvalue weighted by Gasteiger charge is 2.48. The number of anilines is 1. The van der Waals surface area contributed by atoms with Gasteiger partial charge in [0.15, 0.2) is 0 Å². The molecule has 0 saturated carbocycles. The van der Waals surface area contributed by atoms with Gasteiger partial charge in [0.2, 0.25) is 0 Å². The molecule has 2 heterocycles. The smallest absolute Gasteiger partial charge is 0.128 e. The number of aryl methyl sites for hydroxylation is 1. The molecule has 9 heteroatoms. The van der Waals surface area contributed by atoms with Gasteiger partial charge in [0, 0.05) is 22.7 Å². The lowest BCUT2D eigenvalue weighted by atomic mass is 9.99. The Labute approximate surface area is 209 Å². The lowest BCUT2D eigenvalue weighted by Gasteiger charge is -2.56. The second-order valence-corrected chi connectivity index (χ2v) is 14.5. The lowest BCUT2D eigenvalue weighted by Crippen LogP contribution is -2.51. The number of halogens is 2. The molecule has 0 fully saturated rings. The zero-order valence-electron chi connectivity index (χ0n) is 21.3. The van der Waals surface area contributed by atoms with Crippen LogP contribution in [-0.2, 0) is 6.42 Å². The maximum Gasteiger partial charge on any atom is 0.128 e. The summed E-state index contributed by atoms with van der Waals surface area (Å²) < 4.78 is 28.0. The number of hydrogen-bond donors (Lipinski definition) is 3. The van der Waals surface area contributed by atoms with Gasteiger partial charge >= 0.3 is 0 Å². The van der Waals surface area contributed by atoms with Gasteiger partial charge in [0.05, 0.1) is 34.5 Å². The maximum atomic E-state index is 15.1. The van der Waals surface area contributed by atoms with Crippen LogP contribution in [0.5, 0.6) is 0 Å². The van der Waals surface area contributed by atoms with Crippen LogP contribution in [-0.4, -0.2) is 51.0 Å². The Hall–Kier alpha value is -2.52. The van der Waals surface area contributed by atoms with E-state index in [9.17, 15) is 4.39 Å². The fourth-order valence-electron chi connectivity index (χ4n) is 4.32. The Morgan fingerprint density at radius 2 is 1.97 bits per heavy atom. The molecule has 3 atom stereocenters. The summed E-state index contributed by atoms with van der Waals surface area (Å²) in [5.41, 5.74) is 15.4. The highest BCUT2D eigenvalue weighted by atomic mass is 32.3. The molecule has 0 saturated heterocycles. The number of nitrogens with two attached hydrogens (primary N) is 2. The maximum absolute atomic E-state index is 15.1. The van der Waals surface area contributed by atoms with Gasteiger partial charge in [0.1, 0.15) is 17.3 Å². The van der Waals surface area contributed by atoms with E-state index in [1.54, 1.807) is 24.5 Å². The van der Waals surface area contributed by atoms with Crippen LogP contribution in [0.2, 0.25) is 0 Å². The van der Waals surface area contributed by atoms with Crippen molar-refractivity contribution in [2.24, 2.45) is 16.5 Å². The van der Waals surface area contributed by atoms with Crippen LogP contribution in [0.4, 0.5) is 14.5 Å². The fraction of sp³-hybridized carbons (Fsp3) is 0.500. The summed E-state index contributed by atoms with van der Waals surface area (Å²) in [7, 11) is -1.30. The summed E-state index contributed by atoms with van der Waals surface area (Å²) >= 11 is 0. The number of alkyl halides is 1. The molecule has 0 aliphatic carbocycles. The van der Waals surface area contributed by atoms with Crippen molar-refractivity contribution in [3.05, 3.63) is 59.9 Å². The minimum absolute atomic E-state index is 0.0909. The molecule has 2 aromatic rings. The molecule has 1 aliphatic heterocycles. The summed E-state index contributed by atoms with van der Waals surface area (Å²) in [5, 5.41) is 3.30. The molecule has 1 aromatic heterocycles. The second kappa shape index (κ2) is 10.6. The zero-order valence-corrected chi connectivity index (χ0v) is 22.1. The van der Waals surface area contributed by atoms with E-state index in [-0.39, 0.29) is 15.8 Å². The first-order valence-electron chi connectivity index (χ1n) is 11.8. The molecule has 3 rings (SSSR count). The summed E-state index contributed by atoms with van der Waals surface area (Å²) in [5.74, 6) is 0.223. The van der Waals surface area contributed by atoms with E-state index in [2.05, 4.69) is 48.2 Å². The molecule has 0 radical (unpaired) electrons. The van der Waals surface area contributed by atoms with Gasteiger partial charge in [-0.25, -0.2) is 18.8 Å². The number of nitrogens with zero attached hydrogens (tertiary/aromatic N) is 3. The molecule has 2 unspecified atom stereocenters. The highest BCUT2D eigenvalue weighted by Crippen LogP contribution is 2.64. The number of aliphatic imine (C=N–C) groups is 1. The SMILES string of the molecule is C=C(Nc1ccc(F)c([C@H]2N=C(N)C(C)(C)S(C)(C)C2CCN)c1)c1cnc(CCC(C)F)cn1. The van der Waals surface area contributed by atoms with Crippen LogP contribution in [0, 0.1) is 5.82 Å². The zero-order chi connectivity index (χ0) is 26.0. The van der Waals surface area contributed by atoms with E-state index in [0.29, 0.717) is 47.9 Å². The Bertz CT molecular complexity index is 1080. The minimum Gasteiger partial charge on any atom is -0.386 e. The van der Waals surface area contributed by atoms with Crippen LogP contribution in [0.3, 0.4) is 0 Å². The van der Waals surface area contributed by atoms with Crippen molar-refractivity contribution < 1.29 is 8.78 Å². The Balaban J connectivity index is 1.87. The van der Waals surface area contributed by atoms with Crippen LogP contribution < -0.4 is 16.8 Å². The molecule has 6 nitrogen and oxygen atoms in total. The molecule has 0 spiro atoms. The molecule has 1 aromatic carbocycles. The van der Waals surface area contributed by atoms with Crippen molar-refractivity contribution in [2.75, 3.05) is 24.4 Å². The second-order valence-electron chi connectivity index (χ2n) is 10.0. The molecule has 192 valence electrons. The van der Waals surface area contributed by atoms with E-state index in [1.165, 1.54) is 13.0 Å². The number of benzene rings is 1. The third-order valence-corrected chi connectivity index (χ3v) is 12.0. The Morgan fingerprint density at radius 3 is 2.57 bits per heavy atom. The molecule has 1 aliphatic rings. The van der Waals surface area contributed by atoms with Crippen molar-refractivity contribution in [1.82, 2.24) is 9.97 Å². The van der Waals surface area contributed by atoms with Gasteiger partial charge in [0.25, 0.3) is 0 Å². The van der Waals surface area contributed by atoms with Gasteiger partial charge in [-0.1, -0.05) is 6.58 Å². The topological polar surface area (TPSA) is 102 Å². The first-order valence-corrected chi connectivity index (χ1v) is 14.4. The summed E-state index contributed by atoms with van der Waals surface area (Å²) in [4.78, 5) is 13.5. The average Bonchev–Trinajstić information content (AvgIpc) is 2.80. The third kappa shape index (κ3) is 5.67. The standard InChI is InChI=1S/C26H38F2N6S/c1-16(27)7-8-19-14-32-22(15-31-19)17(2)33-18-9-10-21(28)20(13-18)24-23(11-12-29)35(5,6)26(3,4)25(30)34-24/h9-10,13-16,23-24,33H,2,7-8,11-12,29H2,1,3-6H3,(H2,30,34)/t16?,23?,24-/m1/s1. The van der Waals surface area contributed by atoms with E-state index in [0.717, 1.165) is 12.1 Å². The third-order valence-electron chi connectivity index (χ3n) is 7.19.